The van der Waals surface area contributed by atoms with E-state index in [1.165, 1.54) is 25.0 Å². The summed E-state index contributed by atoms with van der Waals surface area (Å²) in [6.45, 7) is 8.14. The molecule has 4 atom stereocenters. The average Bonchev–Trinajstić information content (AvgIpc) is 3.05. The van der Waals surface area contributed by atoms with Crippen LogP contribution in [0.25, 0.3) is 0 Å². The molecule has 4 unspecified atom stereocenters. The standard InChI is InChI=1S/C13H25NS2/c1-4-14-12(7-11-5-6-11)13-8-15-9(2)10(3)16-13/h9-14H,4-8H2,1-3H3. The third-order valence-electron chi connectivity index (χ3n) is 3.77. The van der Waals surface area contributed by atoms with Crippen LogP contribution in [0, 0.1) is 5.92 Å². The summed E-state index contributed by atoms with van der Waals surface area (Å²) in [6.07, 6.45) is 4.39. The first kappa shape index (κ1) is 13.1. The highest BCUT2D eigenvalue weighted by atomic mass is 32.2. The SMILES string of the molecule is CCNC(CC1CC1)C1CSC(C)C(C)S1. The topological polar surface area (TPSA) is 12.0 Å². The average molecular weight is 259 g/mol. The van der Waals surface area contributed by atoms with E-state index in [0.717, 1.165) is 34.3 Å². The summed E-state index contributed by atoms with van der Waals surface area (Å²) in [5.74, 6) is 2.39. The normalized spacial score (nSPS) is 37.3. The molecule has 0 bridgehead atoms. The molecule has 3 heteroatoms. The minimum absolute atomic E-state index is 0.768. The number of thioether (sulfide) groups is 2. The summed E-state index contributed by atoms with van der Waals surface area (Å²) in [7, 11) is 0. The summed E-state index contributed by atoms with van der Waals surface area (Å²) >= 11 is 4.40. The van der Waals surface area contributed by atoms with Crippen LogP contribution in [0.2, 0.25) is 0 Å². The maximum atomic E-state index is 3.72. The van der Waals surface area contributed by atoms with E-state index < -0.39 is 0 Å². The van der Waals surface area contributed by atoms with E-state index in [1.807, 2.05) is 0 Å². The lowest BCUT2D eigenvalue weighted by Crippen LogP contribution is -2.43. The van der Waals surface area contributed by atoms with Crippen LogP contribution in [0.15, 0.2) is 0 Å². The highest BCUT2D eigenvalue weighted by Crippen LogP contribution is 2.41. The molecule has 1 N–H and O–H groups in total. The van der Waals surface area contributed by atoms with Gasteiger partial charge in [-0.15, -0.1) is 0 Å². The van der Waals surface area contributed by atoms with Gasteiger partial charge >= 0.3 is 0 Å². The van der Waals surface area contributed by atoms with Crippen molar-refractivity contribution in [3.63, 3.8) is 0 Å². The lowest BCUT2D eigenvalue weighted by Gasteiger charge is -2.36. The monoisotopic (exact) mass is 259 g/mol. The molecule has 1 nitrogen and oxygen atoms in total. The summed E-state index contributed by atoms with van der Waals surface area (Å²) in [4.78, 5) is 0. The molecule has 1 saturated carbocycles. The van der Waals surface area contributed by atoms with Crippen molar-refractivity contribution in [2.75, 3.05) is 12.3 Å². The molecule has 2 rings (SSSR count). The van der Waals surface area contributed by atoms with Gasteiger partial charge < -0.3 is 5.32 Å². The van der Waals surface area contributed by atoms with Crippen molar-refractivity contribution in [3.8, 4) is 0 Å². The first-order valence-corrected chi connectivity index (χ1v) is 8.70. The Hall–Kier alpha value is 0.660. The van der Waals surface area contributed by atoms with Crippen LogP contribution in [0.3, 0.4) is 0 Å². The minimum Gasteiger partial charge on any atom is -0.313 e. The molecule has 16 heavy (non-hydrogen) atoms. The lowest BCUT2D eigenvalue weighted by atomic mass is 10.1. The van der Waals surface area contributed by atoms with Gasteiger partial charge in [0.2, 0.25) is 0 Å². The Morgan fingerprint density at radius 3 is 2.56 bits per heavy atom. The number of hydrogen-bond donors (Lipinski definition) is 1. The second-order valence-electron chi connectivity index (χ2n) is 5.26. The van der Waals surface area contributed by atoms with Gasteiger partial charge in [0.25, 0.3) is 0 Å². The van der Waals surface area contributed by atoms with Crippen molar-refractivity contribution in [2.45, 2.75) is 61.8 Å². The van der Waals surface area contributed by atoms with Crippen molar-refractivity contribution >= 4 is 23.5 Å². The van der Waals surface area contributed by atoms with Gasteiger partial charge in [-0.25, -0.2) is 0 Å². The summed E-state index contributed by atoms with van der Waals surface area (Å²) < 4.78 is 0. The summed E-state index contributed by atoms with van der Waals surface area (Å²) in [5, 5.41) is 6.23. The Kier molecular flexibility index (Phi) is 4.92. The van der Waals surface area contributed by atoms with E-state index in [2.05, 4.69) is 49.6 Å². The largest absolute Gasteiger partial charge is 0.313 e. The Bertz CT molecular complexity index is 218. The molecular weight excluding hydrogens is 234 g/mol. The van der Waals surface area contributed by atoms with Gasteiger partial charge in [-0.05, 0) is 18.9 Å². The molecule has 2 aliphatic rings. The van der Waals surface area contributed by atoms with Crippen LogP contribution in [0.1, 0.15) is 40.0 Å². The fourth-order valence-corrected chi connectivity index (χ4v) is 5.50. The molecule has 1 saturated heterocycles. The first-order valence-electron chi connectivity index (χ1n) is 6.71. The van der Waals surface area contributed by atoms with Gasteiger partial charge in [0.1, 0.15) is 0 Å². The van der Waals surface area contributed by atoms with Crippen molar-refractivity contribution in [3.05, 3.63) is 0 Å². The van der Waals surface area contributed by atoms with Crippen molar-refractivity contribution in [1.29, 1.82) is 0 Å². The van der Waals surface area contributed by atoms with Gasteiger partial charge in [0, 0.05) is 27.5 Å². The number of rotatable bonds is 5. The molecule has 0 aromatic carbocycles. The van der Waals surface area contributed by atoms with E-state index in [9.17, 15) is 0 Å². The Labute approximate surface area is 109 Å². The van der Waals surface area contributed by atoms with E-state index in [1.54, 1.807) is 0 Å². The van der Waals surface area contributed by atoms with Crippen LogP contribution in [-0.4, -0.2) is 34.1 Å². The zero-order chi connectivity index (χ0) is 11.5. The maximum Gasteiger partial charge on any atom is 0.0294 e. The molecule has 0 amide bonds. The van der Waals surface area contributed by atoms with Crippen molar-refractivity contribution < 1.29 is 0 Å². The van der Waals surface area contributed by atoms with Crippen molar-refractivity contribution in [2.24, 2.45) is 5.92 Å². The molecule has 1 heterocycles. The Morgan fingerprint density at radius 2 is 2.00 bits per heavy atom. The third kappa shape index (κ3) is 3.58. The predicted octanol–water partition coefficient (Wildman–Crippen LogP) is 3.39. The molecule has 0 spiro atoms. The molecule has 0 aromatic heterocycles. The number of nitrogens with one attached hydrogen (secondary N) is 1. The molecule has 1 aliphatic carbocycles. The van der Waals surface area contributed by atoms with Gasteiger partial charge in [0.15, 0.2) is 0 Å². The van der Waals surface area contributed by atoms with Crippen LogP contribution in [-0.2, 0) is 0 Å². The fourth-order valence-electron chi connectivity index (χ4n) is 2.36. The fraction of sp³-hybridized carbons (Fsp3) is 1.00. The zero-order valence-corrected chi connectivity index (χ0v) is 12.4. The highest BCUT2D eigenvalue weighted by Gasteiger charge is 2.34. The molecule has 0 aromatic rings. The predicted molar refractivity (Wildman–Crippen MR) is 77.6 cm³/mol. The van der Waals surface area contributed by atoms with Gasteiger partial charge in [-0.2, -0.15) is 23.5 Å². The van der Waals surface area contributed by atoms with E-state index in [-0.39, 0.29) is 0 Å². The number of hydrogen-bond acceptors (Lipinski definition) is 3. The van der Waals surface area contributed by atoms with Gasteiger partial charge in [-0.1, -0.05) is 33.6 Å². The molecule has 1 aliphatic heterocycles. The lowest BCUT2D eigenvalue weighted by molar-refractivity contribution is 0.466. The first-order chi connectivity index (χ1) is 7.70. The molecule has 2 fully saturated rings. The maximum absolute atomic E-state index is 3.72. The van der Waals surface area contributed by atoms with Crippen molar-refractivity contribution in [1.82, 2.24) is 5.32 Å². The smallest absolute Gasteiger partial charge is 0.0294 e. The summed E-state index contributed by atoms with van der Waals surface area (Å²) in [5.41, 5.74) is 0. The molecule has 94 valence electrons. The highest BCUT2D eigenvalue weighted by molar-refractivity contribution is 8.07. The van der Waals surface area contributed by atoms with Crippen LogP contribution in [0.5, 0.6) is 0 Å². The van der Waals surface area contributed by atoms with Gasteiger partial charge in [-0.3, -0.25) is 0 Å². The Balaban J connectivity index is 1.85. The zero-order valence-electron chi connectivity index (χ0n) is 10.7. The third-order valence-corrected chi connectivity index (χ3v) is 7.32. The minimum atomic E-state index is 0.768. The van der Waals surface area contributed by atoms with Crippen LogP contribution < -0.4 is 5.32 Å². The Morgan fingerprint density at radius 1 is 1.25 bits per heavy atom. The summed E-state index contributed by atoms with van der Waals surface area (Å²) in [6, 6.07) is 0.768. The van der Waals surface area contributed by atoms with E-state index in [4.69, 9.17) is 0 Å². The molecular formula is C13H25NS2. The van der Waals surface area contributed by atoms with E-state index in [0.29, 0.717) is 0 Å². The second-order valence-corrected chi connectivity index (χ2v) is 8.29. The van der Waals surface area contributed by atoms with E-state index >= 15 is 0 Å². The van der Waals surface area contributed by atoms with Crippen LogP contribution in [0.4, 0.5) is 0 Å². The quantitative estimate of drug-likeness (QED) is 0.813. The molecule has 0 radical (unpaired) electrons. The second kappa shape index (κ2) is 6.01. The van der Waals surface area contributed by atoms with Crippen LogP contribution >= 0.6 is 23.5 Å². The van der Waals surface area contributed by atoms with Gasteiger partial charge in [0.05, 0.1) is 0 Å².